The van der Waals surface area contributed by atoms with Gasteiger partial charge >= 0.3 is 0 Å². The van der Waals surface area contributed by atoms with E-state index in [-0.39, 0.29) is 12.5 Å². The average molecular weight is 339 g/mol. The third-order valence-electron chi connectivity index (χ3n) is 3.45. The van der Waals surface area contributed by atoms with E-state index in [1.165, 1.54) is 11.3 Å². The number of nitrogens with one attached hydrogen (secondary N) is 1. The quantitative estimate of drug-likeness (QED) is 0.710. The van der Waals surface area contributed by atoms with Gasteiger partial charge in [-0.15, -0.1) is 11.3 Å². The Labute approximate surface area is 144 Å². The van der Waals surface area contributed by atoms with Gasteiger partial charge in [-0.05, 0) is 41.3 Å². The molecule has 2 aromatic carbocycles. The van der Waals surface area contributed by atoms with Crippen LogP contribution in [-0.2, 0) is 0 Å². The normalized spacial score (nSPS) is 11.7. The zero-order valence-electron chi connectivity index (χ0n) is 12.9. The summed E-state index contributed by atoms with van der Waals surface area (Å²) in [7, 11) is 0. The van der Waals surface area contributed by atoms with Crippen molar-refractivity contribution in [3.63, 3.8) is 0 Å². The van der Waals surface area contributed by atoms with Gasteiger partial charge in [0.05, 0.1) is 4.88 Å². The Balaban J connectivity index is 1.54. The van der Waals surface area contributed by atoms with E-state index in [0.29, 0.717) is 16.3 Å². The zero-order chi connectivity index (χ0) is 16.8. The predicted octanol–water partition coefficient (Wildman–Crippen LogP) is 4.11. The molecule has 24 heavy (non-hydrogen) atoms. The van der Waals surface area contributed by atoms with Crippen LogP contribution in [-0.4, -0.2) is 17.6 Å². The van der Waals surface area contributed by atoms with Crippen LogP contribution >= 0.6 is 11.3 Å². The van der Waals surface area contributed by atoms with Crippen molar-refractivity contribution >= 4 is 22.9 Å². The zero-order valence-corrected chi connectivity index (χ0v) is 13.7. The summed E-state index contributed by atoms with van der Waals surface area (Å²) >= 11 is 1.40. The Morgan fingerprint density at radius 3 is 2.46 bits per heavy atom. The maximum Gasteiger partial charge on any atom is 0.265 e. The lowest BCUT2D eigenvalue weighted by Crippen LogP contribution is -2.11. The number of amides is 1. The van der Waals surface area contributed by atoms with Gasteiger partial charge in [-0.1, -0.05) is 36.4 Å². The van der Waals surface area contributed by atoms with Crippen LogP contribution in [0.2, 0.25) is 0 Å². The molecule has 0 radical (unpaired) electrons. The summed E-state index contributed by atoms with van der Waals surface area (Å²) in [5.41, 5.74) is 1.52. The highest BCUT2D eigenvalue weighted by atomic mass is 32.1. The summed E-state index contributed by atoms with van der Waals surface area (Å²) in [4.78, 5) is 12.6. The van der Waals surface area contributed by atoms with Gasteiger partial charge in [0.15, 0.2) is 0 Å². The number of ether oxygens (including phenoxy) is 1. The number of rotatable bonds is 6. The number of hydrogen-bond acceptors (Lipinski definition) is 4. The van der Waals surface area contributed by atoms with Crippen molar-refractivity contribution in [2.45, 2.75) is 6.10 Å². The van der Waals surface area contributed by atoms with E-state index in [2.05, 4.69) is 5.32 Å². The molecule has 1 heterocycles. The second-order valence-corrected chi connectivity index (χ2v) is 6.14. The summed E-state index contributed by atoms with van der Waals surface area (Å²) < 4.78 is 5.59. The van der Waals surface area contributed by atoms with Crippen LogP contribution in [0, 0.1) is 0 Å². The largest absolute Gasteiger partial charge is 0.491 e. The molecule has 0 fully saturated rings. The molecule has 1 aromatic heterocycles. The molecule has 1 unspecified atom stereocenters. The van der Waals surface area contributed by atoms with Crippen molar-refractivity contribution in [1.29, 1.82) is 0 Å². The van der Waals surface area contributed by atoms with E-state index in [1.807, 2.05) is 41.8 Å². The first-order valence-corrected chi connectivity index (χ1v) is 8.41. The fourth-order valence-corrected chi connectivity index (χ4v) is 2.80. The van der Waals surface area contributed by atoms with Crippen LogP contribution in [0.4, 0.5) is 5.69 Å². The minimum atomic E-state index is -0.676. The van der Waals surface area contributed by atoms with Crippen LogP contribution in [0.5, 0.6) is 5.75 Å². The highest BCUT2D eigenvalue weighted by molar-refractivity contribution is 7.12. The first kappa shape index (κ1) is 16.2. The number of hydrogen-bond donors (Lipinski definition) is 2. The van der Waals surface area contributed by atoms with Crippen molar-refractivity contribution in [2.75, 3.05) is 11.9 Å². The fraction of sp³-hybridized carbons (Fsp3) is 0.105. The first-order chi connectivity index (χ1) is 11.7. The number of carbonyl (C=O) groups excluding carboxylic acids is 1. The van der Waals surface area contributed by atoms with Gasteiger partial charge in [-0.2, -0.15) is 0 Å². The Morgan fingerprint density at radius 2 is 1.79 bits per heavy atom. The number of aliphatic hydroxyl groups excluding tert-OH is 1. The average Bonchev–Trinajstić information content (AvgIpc) is 3.16. The van der Waals surface area contributed by atoms with E-state index in [1.54, 1.807) is 30.3 Å². The third-order valence-corrected chi connectivity index (χ3v) is 4.32. The predicted molar refractivity (Wildman–Crippen MR) is 95.6 cm³/mol. The molecular formula is C19H17NO3S. The molecule has 4 nitrogen and oxygen atoms in total. The van der Waals surface area contributed by atoms with Crippen molar-refractivity contribution in [3.8, 4) is 5.75 Å². The molecule has 3 aromatic rings. The minimum Gasteiger partial charge on any atom is -0.491 e. The van der Waals surface area contributed by atoms with E-state index in [0.717, 1.165) is 5.56 Å². The lowest BCUT2D eigenvalue weighted by Gasteiger charge is -2.13. The first-order valence-electron chi connectivity index (χ1n) is 7.53. The second kappa shape index (κ2) is 7.77. The molecule has 122 valence electrons. The molecule has 0 spiro atoms. The minimum absolute atomic E-state index is 0.127. The van der Waals surface area contributed by atoms with E-state index in [4.69, 9.17) is 4.74 Å². The third kappa shape index (κ3) is 4.22. The monoisotopic (exact) mass is 339 g/mol. The topological polar surface area (TPSA) is 58.6 Å². The van der Waals surface area contributed by atoms with Crippen LogP contribution < -0.4 is 10.1 Å². The Hall–Kier alpha value is -2.63. The maximum absolute atomic E-state index is 12.0. The summed E-state index contributed by atoms with van der Waals surface area (Å²) in [6, 6.07) is 20.1. The van der Waals surface area contributed by atoms with E-state index >= 15 is 0 Å². The number of benzene rings is 2. The van der Waals surface area contributed by atoms with Crippen LogP contribution in [0.15, 0.2) is 72.1 Å². The Bertz CT molecular complexity index is 770. The molecule has 0 saturated carbocycles. The summed E-state index contributed by atoms with van der Waals surface area (Å²) in [5, 5.41) is 14.8. The Morgan fingerprint density at radius 1 is 1.04 bits per heavy atom. The number of aliphatic hydroxyl groups is 1. The van der Waals surface area contributed by atoms with Crippen molar-refractivity contribution < 1.29 is 14.6 Å². The summed E-state index contributed by atoms with van der Waals surface area (Å²) in [6.07, 6.45) is -0.676. The fourth-order valence-electron chi connectivity index (χ4n) is 2.18. The van der Waals surface area contributed by atoms with Crippen LogP contribution in [0.3, 0.4) is 0 Å². The summed E-state index contributed by atoms with van der Waals surface area (Å²) in [5.74, 6) is 0.511. The molecular weight excluding hydrogens is 322 g/mol. The summed E-state index contributed by atoms with van der Waals surface area (Å²) in [6.45, 7) is 0.172. The molecule has 0 aliphatic heterocycles. The molecule has 0 saturated heterocycles. The van der Waals surface area contributed by atoms with Gasteiger partial charge in [-0.3, -0.25) is 4.79 Å². The van der Waals surface area contributed by atoms with Crippen molar-refractivity contribution in [1.82, 2.24) is 0 Å². The molecule has 3 rings (SSSR count). The van der Waals surface area contributed by atoms with Gasteiger partial charge in [0.25, 0.3) is 5.91 Å². The van der Waals surface area contributed by atoms with Gasteiger partial charge in [-0.25, -0.2) is 0 Å². The van der Waals surface area contributed by atoms with E-state index < -0.39 is 6.10 Å². The van der Waals surface area contributed by atoms with Crippen molar-refractivity contribution in [2.24, 2.45) is 0 Å². The number of anilines is 1. The molecule has 0 aliphatic carbocycles. The molecule has 5 heteroatoms. The number of thiophene rings is 1. The maximum atomic E-state index is 12.0. The molecule has 1 atom stereocenters. The molecule has 0 bridgehead atoms. The Kier molecular flexibility index (Phi) is 5.25. The second-order valence-electron chi connectivity index (χ2n) is 5.19. The lowest BCUT2D eigenvalue weighted by atomic mass is 10.1. The molecule has 1 amide bonds. The van der Waals surface area contributed by atoms with Gasteiger partial charge in [0.2, 0.25) is 0 Å². The van der Waals surface area contributed by atoms with Crippen LogP contribution in [0.25, 0.3) is 0 Å². The van der Waals surface area contributed by atoms with Crippen LogP contribution in [0.1, 0.15) is 21.3 Å². The SMILES string of the molecule is O=C(Nc1ccc(OCC(O)c2ccccc2)cc1)c1cccs1. The van der Waals surface area contributed by atoms with Gasteiger partial charge in [0.1, 0.15) is 18.5 Å². The highest BCUT2D eigenvalue weighted by Gasteiger charge is 2.09. The van der Waals surface area contributed by atoms with Gasteiger partial charge < -0.3 is 15.2 Å². The molecule has 0 aliphatic rings. The standard InChI is InChI=1S/C19H17NO3S/c21-17(14-5-2-1-3-6-14)13-23-16-10-8-15(9-11-16)20-19(22)18-7-4-12-24-18/h1-12,17,21H,13H2,(H,20,22). The van der Waals surface area contributed by atoms with Gasteiger partial charge in [0, 0.05) is 5.69 Å². The highest BCUT2D eigenvalue weighted by Crippen LogP contribution is 2.20. The molecule has 2 N–H and O–H groups in total. The van der Waals surface area contributed by atoms with Crippen molar-refractivity contribution in [3.05, 3.63) is 82.6 Å². The lowest BCUT2D eigenvalue weighted by molar-refractivity contribution is 0.103. The number of carbonyl (C=O) groups is 1. The van der Waals surface area contributed by atoms with E-state index in [9.17, 15) is 9.90 Å². The smallest absolute Gasteiger partial charge is 0.265 e.